The van der Waals surface area contributed by atoms with Crippen LogP contribution in [0.3, 0.4) is 0 Å². The lowest BCUT2D eigenvalue weighted by Gasteiger charge is -2.08. The summed E-state index contributed by atoms with van der Waals surface area (Å²) in [7, 11) is 0. The van der Waals surface area contributed by atoms with Crippen molar-refractivity contribution in [3.05, 3.63) is 76.4 Å². The van der Waals surface area contributed by atoms with Crippen molar-refractivity contribution in [2.45, 2.75) is 19.0 Å². The van der Waals surface area contributed by atoms with Crippen molar-refractivity contribution in [1.82, 2.24) is 20.1 Å². The highest BCUT2D eigenvalue weighted by Crippen LogP contribution is 2.30. The summed E-state index contributed by atoms with van der Waals surface area (Å²) in [5, 5.41) is 3.38. The third kappa shape index (κ3) is 3.82. The number of aryl methyl sites for hydroxylation is 1. The quantitative estimate of drug-likeness (QED) is 0.544. The summed E-state index contributed by atoms with van der Waals surface area (Å²) in [6.45, 7) is 0. The summed E-state index contributed by atoms with van der Waals surface area (Å²) >= 11 is 0. The maximum absolute atomic E-state index is 12.8. The molecule has 3 heterocycles. The summed E-state index contributed by atoms with van der Waals surface area (Å²) in [5.74, 6) is -1.32. The average molecular weight is 402 g/mol. The average Bonchev–Trinajstić information content (AvgIpc) is 3.39. The number of oxazole rings is 1. The van der Waals surface area contributed by atoms with Crippen LogP contribution in [0.25, 0.3) is 22.8 Å². The normalized spacial score (nSPS) is 11.7. The van der Waals surface area contributed by atoms with Crippen LogP contribution in [0.15, 0.2) is 62.7 Å². The molecule has 10 heteroatoms. The van der Waals surface area contributed by atoms with Gasteiger partial charge >= 0.3 is 12.1 Å². The molecule has 0 amide bonds. The molecule has 0 atom stereocenters. The molecule has 1 N–H and O–H groups in total. The Labute approximate surface area is 161 Å². The highest BCUT2D eigenvalue weighted by molar-refractivity contribution is 5.61. The van der Waals surface area contributed by atoms with E-state index < -0.39 is 17.6 Å². The van der Waals surface area contributed by atoms with Gasteiger partial charge < -0.3 is 13.9 Å². The van der Waals surface area contributed by atoms with E-state index in [4.69, 9.17) is 4.42 Å². The fraction of sp³-hybridized carbons (Fsp3) is 0.158. The second kappa shape index (κ2) is 7.38. The van der Waals surface area contributed by atoms with Gasteiger partial charge in [-0.2, -0.15) is 18.2 Å². The SMILES string of the molecule is O=c1[nH]ccc(-c2noc(C(F)(F)F)n2)c1CCc1ccccc1-c1ncco1. The number of pyridine rings is 1. The number of nitrogens with zero attached hydrogens (tertiary/aromatic N) is 3. The van der Waals surface area contributed by atoms with Crippen LogP contribution in [0.1, 0.15) is 17.0 Å². The van der Waals surface area contributed by atoms with E-state index in [1.165, 1.54) is 24.7 Å². The lowest BCUT2D eigenvalue weighted by Crippen LogP contribution is -2.15. The summed E-state index contributed by atoms with van der Waals surface area (Å²) < 4.78 is 47.9. The molecular formula is C19H13F3N4O3. The van der Waals surface area contributed by atoms with E-state index >= 15 is 0 Å². The van der Waals surface area contributed by atoms with E-state index in [1.54, 1.807) is 0 Å². The van der Waals surface area contributed by atoms with Gasteiger partial charge in [-0.25, -0.2) is 4.98 Å². The molecule has 0 bridgehead atoms. The summed E-state index contributed by atoms with van der Waals surface area (Å²) in [5.41, 5.74) is 1.64. The van der Waals surface area contributed by atoms with Gasteiger partial charge in [0.05, 0.1) is 6.20 Å². The number of nitrogens with one attached hydrogen (secondary N) is 1. The number of aromatic nitrogens is 4. The Morgan fingerprint density at radius 2 is 1.90 bits per heavy atom. The molecule has 148 valence electrons. The standard InChI is InChI=1S/C19H13F3N4O3/c20-19(21,22)18-25-15(26-29-18)13-7-8-23-16(27)14(13)6-5-11-3-1-2-4-12(11)17-24-9-10-28-17/h1-4,7-10H,5-6H2,(H,23,27). The zero-order valence-corrected chi connectivity index (χ0v) is 14.7. The maximum Gasteiger partial charge on any atom is 0.471 e. The van der Waals surface area contributed by atoms with E-state index in [9.17, 15) is 18.0 Å². The van der Waals surface area contributed by atoms with Crippen LogP contribution in [0.2, 0.25) is 0 Å². The maximum atomic E-state index is 12.8. The zero-order valence-electron chi connectivity index (χ0n) is 14.7. The van der Waals surface area contributed by atoms with Crippen molar-refractivity contribution >= 4 is 0 Å². The van der Waals surface area contributed by atoms with E-state index in [0.29, 0.717) is 12.3 Å². The molecule has 0 saturated heterocycles. The Balaban J connectivity index is 1.66. The highest BCUT2D eigenvalue weighted by atomic mass is 19.4. The van der Waals surface area contributed by atoms with Crippen molar-refractivity contribution < 1.29 is 22.1 Å². The Bertz CT molecular complexity index is 1180. The van der Waals surface area contributed by atoms with Gasteiger partial charge in [0.1, 0.15) is 6.26 Å². The Hall–Kier alpha value is -3.69. The first-order valence-corrected chi connectivity index (χ1v) is 8.53. The lowest BCUT2D eigenvalue weighted by atomic mass is 9.98. The van der Waals surface area contributed by atoms with Crippen LogP contribution in [0, 0.1) is 0 Å². The summed E-state index contributed by atoms with van der Waals surface area (Å²) in [6.07, 6.45) is 0.204. The van der Waals surface area contributed by atoms with Crippen molar-refractivity contribution in [2.75, 3.05) is 0 Å². The van der Waals surface area contributed by atoms with Crippen LogP contribution in [-0.4, -0.2) is 20.1 Å². The predicted octanol–water partition coefficient (Wildman–Crippen LogP) is 3.88. The van der Waals surface area contributed by atoms with Crippen LogP contribution >= 0.6 is 0 Å². The van der Waals surface area contributed by atoms with Crippen LogP contribution in [0.5, 0.6) is 0 Å². The van der Waals surface area contributed by atoms with Crippen molar-refractivity contribution in [1.29, 1.82) is 0 Å². The summed E-state index contributed by atoms with van der Waals surface area (Å²) in [6, 6.07) is 8.83. The lowest BCUT2D eigenvalue weighted by molar-refractivity contribution is -0.159. The minimum absolute atomic E-state index is 0.182. The fourth-order valence-corrected chi connectivity index (χ4v) is 2.98. The van der Waals surface area contributed by atoms with Crippen molar-refractivity contribution in [3.63, 3.8) is 0 Å². The minimum Gasteiger partial charge on any atom is -0.445 e. The number of benzene rings is 1. The number of H-pyrrole nitrogens is 1. The number of hydrogen-bond donors (Lipinski definition) is 1. The van der Waals surface area contributed by atoms with Gasteiger partial charge in [-0.05, 0) is 30.5 Å². The van der Waals surface area contributed by atoms with Gasteiger partial charge in [-0.1, -0.05) is 23.4 Å². The molecule has 4 aromatic rings. The van der Waals surface area contributed by atoms with Crippen molar-refractivity contribution in [2.24, 2.45) is 0 Å². The second-order valence-electron chi connectivity index (χ2n) is 6.11. The van der Waals surface area contributed by atoms with Gasteiger partial charge in [0.2, 0.25) is 11.7 Å². The molecule has 3 aromatic heterocycles. The smallest absolute Gasteiger partial charge is 0.445 e. The monoisotopic (exact) mass is 402 g/mol. The number of hydrogen-bond acceptors (Lipinski definition) is 6. The summed E-state index contributed by atoms with van der Waals surface area (Å²) in [4.78, 5) is 22.4. The molecule has 0 aliphatic carbocycles. The number of aromatic amines is 1. The number of rotatable bonds is 5. The Morgan fingerprint density at radius 1 is 1.07 bits per heavy atom. The van der Waals surface area contributed by atoms with Gasteiger partial charge in [-0.15, -0.1) is 0 Å². The fourth-order valence-electron chi connectivity index (χ4n) is 2.98. The molecular weight excluding hydrogens is 389 g/mol. The molecule has 0 aliphatic rings. The molecule has 0 unspecified atom stereocenters. The zero-order chi connectivity index (χ0) is 20.4. The Morgan fingerprint density at radius 3 is 2.62 bits per heavy atom. The van der Waals surface area contributed by atoms with Crippen LogP contribution in [-0.2, 0) is 19.0 Å². The van der Waals surface area contributed by atoms with E-state index in [0.717, 1.165) is 11.1 Å². The first-order chi connectivity index (χ1) is 13.9. The van der Waals surface area contributed by atoms with Gasteiger partial charge in [0.15, 0.2) is 0 Å². The van der Waals surface area contributed by atoms with E-state index in [1.807, 2.05) is 24.3 Å². The second-order valence-corrected chi connectivity index (χ2v) is 6.11. The third-order valence-electron chi connectivity index (χ3n) is 4.30. The molecule has 0 spiro atoms. The first kappa shape index (κ1) is 18.7. The minimum atomic E-state index is -4.76. The van der Waals surface area contributed by atoms with Crippen LogP contribution < -0.4 is 5.56 Å². The predicted molar refractivity (Wildman–Crippen MR) is 94.7 cm³/mol. The topological polar surface area (TPSA) is 97.8 Å². The molecule has 0 radical (unpaired) electrons. The molecule has 1 aromatic carbocycles. The van der Waals surface area contributed by atoms with Gasteiger partial charge in [0, 0.05) is 22.9 Å². The molecule has 4 rings (SSSR count). The molecule has 7 nitrogen and oxygen atoms in total. The number of alkyl halides is 3. The highest BCUT2D eigenvalue weighted by Gasteiger charge is 2.38. The Kier molecular flexibility index (Phi) is 4.75. The van der Waals surface area contributed by atoms with Gasteiger partial charge in [-0.3, -0.25) is 4.79 Å². The molecule has 0 fully saturated rings. The van der Waals surface area contributed by atoms with E-state index in [-0.39, 0.29) is 23.4 Å². The van der Waals surface area contributed by atoms with Gasteiger partial charge in [0.25, 0.3) is 5.56 Å². The van der Waals surface area contributed by atoms with E-state index in [2.05, 4.69) is 24.6 Å². The number of halogens is 3. The molecule has 0 saturated carbocycles. The third-order valence-corrected chi connectivity index (χ3v) is 4.30. The molecule has 29 heavy (non-hydrogen) atoms. The molecule has 0 aliphatic heterocycles. The van der Waals surface area contributed by atoms with Crippen molar-refractivity contribution in [3.8, 4) is 22.8 Å². The largest absolute Gasteiger partial charge is 0.471 e. The van der Waals surface area contributed by atoms with Crippen LogP contribution in [0.4, 0.5) is 13.2 Å². The first-order valence-electron chi connectivity index (χ1n) is 8.53.